The van der Waals surface area contributed by atoms with Gasteiger partial charge in [0.25, 0.3) is 0 Å². The monoisotopic (exact) mass is 836 g/mol. The summed E-state index contributed by atoms with van der Waals surface area (Å²) in [5.74, 6) is -4.23. The third kappa shape index (κ3) is 13.9. The first-order valence-corrected chi connectivity index (χ1v) is 20.6. The van der Waals surface area contributed by atoms with Gasteiger partial charge < -0.3 is 48.3 Å². The molecular weight excluding hydrogens is 781 g/mol. The zero-order valence-corrected chi connectivity index (χ0v) is 34.3. The molecule has 0 saturated carbocycles. The Kier molecular flexibility index (Phi) is 16.8. The van der Waals surface area contributed by atoms with Gasteiger partial charge in [0.05, 0.1) is 0 Å². The maximum atomic E-state index is 14.5. The number of guanidine groups is 1. The van der Waals surface area contributed by atoms with E-state index in [0.717, 1.165) is 16.7 Å². The summed E-state index contributed by atoms with van der Waals surface area (Å²) in [4.78, 5) is 103. The average Bonchev–Trinajstić information content (AvgIpc) is 3.74. The van der Waals surface area contributed by atoms with Crippen molar-refractivity contribution >= 4 is 47.3 Å². The van der Waals surface area contributed by atoms with Crippen LogP contribution in [0.25, 0.3) is 0 Å². The summed E-state index contributed by atoms with van der Waals surface area (Å²) in [5, 5.41) is 16.8. The van der Waals surface area contributed by atoms with Gasteiger partial charge in [-0.3, -0.25) is 38.6 Å². The molecule has 2 saturated heterocycles. The van der Waals surface area contributed by atoms with E-state index in [1.807, 2.05) is 54.6 Å². The third-order valence-electron chi connectivity index (χ3n) is 10.6. The molecule has 0 bridgehead atoms. The molecule has 2 heterocycles. The van der Waals surface area contributed by atoms with Gasteiger partial charge in [0, 0.05) is 45.8 Å². The lowest BCUT2D eigenvalue weighted by molar-refractivity contribution is -0.142. The lowest BCUT2D eigenvalue weighted by Gasteiger charge is -2.31. The van der Waals surface area contributed by atoms with Crippen LogP contribution in [-0.2, 0) is 52.8 Å². The Labute approximate surface area is 355 Å². The number of aliphatic imine (C=N–C) groups is 1. The fourth-order valence-corrected chi connectivity index (χ4v) is 7.50. The molecule has 2 aliphatic heterocycles. The fourth-order valence-electron chi connectivity index (χ4n) is 7.50. The first kappa shape index (κ1) is 45.3. The minimum atomic E-state index is -1.24. The summed E-state index contributed by atoms with van der Waals surface area (Å²) in [6, 6.07) is 20.5. The number of fused-ring (bicyclic) bond motifs is 1. The fraction of sp³-hybridized carbons (Fsp3) is 0.409. The number of rotatable bonds is 13. The largest absolute Gasteiger partial charge is 0.370 e. The summed E-state index contributed by atoms with van der Waals surface area (Å²) in [7, 11) is 0. The summed E-state index contributed by atoms with van der Waals surface area (Å²) < 4.78 is 0. The van der Waals surface area contributed by atoms with E-state index < -0.39 is 77.6 Å². The topological polar surface area (TPSA) is 259 Å². The van der Waals surface area contributed by atoms with Crippen molar-refractivity contribution in [1.29, 1.82) is 0 Å². The molecule has 17 heteroatoms. The van der Waals surface area contributed by atoms with Crippen LogP contribution in [0.4, 0.5) is 0 Å². The SMILES string of the molecule is CC(=O)N[C@@H](Cc1ccccc1)C(=O)N[C@H]1CCNC(=O)C(CCCN=C(N)N)NC(=O)C(Cc2ccccc2)NC(=O)[C@@H](Cc2ccccc2)NC(=O)C2CCCN2C1=O. The van der Waals surface area contributed by atoms with Crippen LogP contribution in [0.2, 0.25) is 0 Å². The standard InChI is InChI=1S/C44H56N10O7/c1-28(55)49-34(25-29-13-5-2-6-14-29)39(57)51-33-21-23-47-38(56)32(19-11-22-48-44(45)46)50-40(58)35(26-30-15-7-3-8-16-30)52-41(59)36(27-31-17-9-4-10-18-31)53-42(60)37-20-12-24-54(37)43(33)61/h2-10,13-18,32-37H,11-12,19-27H2,1H3,(H,47,56)(H,49,55)(H,50,58)(H,51,57)(H,52,59)(H,53,60)(H4,45,46,48)/t32?,33-,34-,35?,36+,37?/m0/s1. The highest BCUT2D eigenvalue weighted by atomic mass is 16.2. The van der Waals surface area contributed by atoms with E-state index in [4.69, 9.17) is 11.5 Å². The molecule has 6 atom stereocenters. The van der Waals surface area contributed by atoms with Gasteiger partial charge >= 0.3 is 0 Å². The molecule has 17 nitrogen and oxygen atoms in total. The molecule has 0 radical (unpaired) electrons. The second-order valence-electron chi connectivity index (χ2n) is 15.3. The van der Waals surface area contributed by atoms with Crippen molar-refractivity contribution in [1.82, 2.24) is 36.8 Å². The van der Waals surface area contributed by atoms with Gasteiger partial charge in [0.15, 0.2) is 5.96 Å². The van der Waals surface area contributed by atoms with E-state index in [9.17, 15) is 33.6 Å². The molecule has 10 N–H and O–H groups in total. The van der Waals surface area contributed by atoms with Crippen molar-refractivity contribution in [2.45, 2.75) is 94.5 Å². The van der Waals surface area contributed by atoms with E-state index >= 15 is 0 Å². The Morgan fingerprint density at radius 1 is 0.738 bits per heavy atom. The van der Waals surface area contributed by atoms with Crippen LogP contribution in [0.3, 0.4) is 0 Å². The Bertz CT molecular complexity index is 2010. The molecule has 3 unspecified atom stereocenters. The lowest BCUT2D eigenvalue weighted by Crippen LogP contribution is -2.59. The highest BCUT2D eigenvalue weighted by molar-refractivity contribution is 5.97. The molecule has 0 aliphatic carbocycles. The van der Waals surface area contributed by atoms with Gasteiger partial charge in [0.1, 0.15) is 36.3 Å². The van der Waals surface area contributed by atoms with Gasteiger partial charge in [-0.2, -0.15) is 0 Å². The molecular formula is C44H56N10O7. The van der Waals surface area contributed by atoms with E-state index in [2.05, 4.69) is 36.9 Å². The van der Waals surface area contributed by atoms with Crippen molar-refractivity contribution in [2.75, 3.05) is 19.6 Å². The van der Waals surface area contributed by atoms with E-state index in [0.29, 0.717) is 12.8 Å². The van der Waals surface area contributed by atoms with Crippen molar-refractivity contribution < 1.29 is 33.6 Å². The molecule has 3 aromatic rings. The number of carbonyl (C=O) groups is 7. The molecule has 2 aliphatic rings. The number of nitrogens with zero attached hydrogens (tertiary/aromatic N) is 2. The van der Waals surface area contributed by atoms with Crippen molar-refractivity contribution in [3.63, 3.8) is 0 Å². The molecule has 61 heavy (non-hydrogen) atoms. The van der Waals surface area contributed by atoms with Gasteiger partial charge in [-0.25, -0.2) is 0 Å². The van der Waals surface area contributed by atoms with Crippen LogP contribution in [0.1, 0.15) is 55.7 Å². The number of benzene rings is 3. The highest BCUT2D eigenvalue weighted by Gasteiger charge is 2.40. The number of amides is 7. The first-order chi connectivity index (χ1) is 29.4. The second-order valence-corrected chi connectivity index (χ2v) is 15.3. The number of hydrogen-bond acceptors (Lipinski definition) is 8. The summed E-state index contributed by atoms with van der Waals surface area (Å²) in [6.07, 6.45) is 1.35. The normalized spacial score (nSPS) is 22.0. The third-order valence-corrected chi connectivity index (χ3v) is 10.6. The molecule has 324 valence electrons. The minimum absolute atomic E-state index is 0.0687. The van der Waals surface area contributed by atoms with Crippen molar-refractivity contribution in [3.8, 4) is 0 Å². The van der Waals surface area contributed by atoms with Crippen LogP contribution < -0.4 is 43.4 Å². The Balaban J connectivity index is 1.49. The predicted molar refractivity (Wildman–Crippen MR) is 228 cm³/mol. The van der Waals surface area contributed by atoms with Crippen LogP contribution in [-0.4, -0.2) is 108 Å². The summed E-state index contributed by atoms with van der Waals surface area (Å²) in [6.45, 7) is 1.54. The maximum absolute atomic E-state index is 14.5. The Hall–Kier alpha value is -6.78. The van der Waals surface area contributed by atoms with Gasteiger partial charge in [-0.15, -0.1) is 0 Å². The quantitative estimate of drug-likeness (QED) is 0.0639. The summed E-state index contributed by atoms with van der Waals surface area (Å²) >= 11 is 0. The Morgan fingerprint density at radius 2 is 1.28 bits per heavy atom. The summed E-state index contributed by atoms with van der Waals surface area (Å²) in [5.41, 5.74) is 13.3. The minimum Gasteiger partial charge on any atom is -0.370 e. The predicted octanol–water partition coefficient (Wildman–Crippen LogP) is -0.277. The molecule has 0 aromatic heterocycles. The number of hydrogen-bond donors (Lipinski definition) is 8. The van der Waals surface area contributed by atoms with Crippen LogP contribution >= 0.6 is 0 Å². The van der Waals surface area contributed by atoms with E-state index in [1.165, 1.54) is 11.8 Å². The van der Waals surface area contributed by atoms with Gasteiger partial charge in [-0.1, -0.05) is 91.0 Å². The van der Waals surface area contributed by atoms with E-state index in [-0.39, 0.29) is 64.1 Å². The zero-order valence-electron chi connectivity index (χ0n) is 34.3. The lowest BCUT2D eigenvalue weighted by atomic mass is 10.0. The number of nitrogens with two attached hydrogens (primary N) is 2. The van der Waals surface area contributed by atoms with Crippen molar-refractivity contribution in [3.05, 3.63) is 108 Å². The van der Waals surface area contributed by atoms with E-state index in [1.54, 1.807) is 36.4 Å². The highest BCUT2D eigenvalue weighted by Crippen LogP contribution is 2.21. The molecule has 3 aromatic carbocycles. The molecule has 7 amide bonds. The van der Waals surface area contributed by atoms with Gasteiger partial charge in [-0.05, 0) is 48.8 Å². The maximum Gasteiger partial charge on any atom is 0.245 e. The van der Waals surface area contributed by atoms with Gasteiger partial charge in [0.2, 0.25) is 41.4 Å². The van der Waals surface area contributed by atoms with Crippen LogP contribution in [0.5, 0.6) is 0 Å². The van der Waals surface area contributed by atoms with Crippen molar-refractivity contribution in [2.24, 2.45) is 16.5 Å². The average molecular weight is 837 g/mol. The molecule has 5 rings (SSSR count). The second kappa shape index (κ2) is 22.6. The van der Waals surface area contributed by atoms with Crippen LogP contribution in [0.15, 0.2) is 96.0 Å². The molecule has 2 fully saturated rings. The Morgan fingerprint density at radius 3 is 1.84 bits per heavy atom. The number of nitrogens with one attached hydrogen (secondary N) is 6. The zero-order chi connectivity index (χ0) is 43.7. The number of carbonyl (C=O) groups excluding carboxylic acids is 7. The van der Waals surface area contributed by atoms with Crippen LogP contribution in [0, 0.1) is 0 Å². The molecule has 0 spiro atoms. The first-order valence-electron chi connectivity index (χ1n) is 20.6. The smallest absolute Gasteiger partial charge is 0.245 e.